The van der Waals surface area contributed by atoms with E-state index < -0.39 is 5.97 Å². The lowest BCUT2D eigenvalue weighted by Crippen LogP contribution is -2.35. The van der Waals surface area contributed by atoms with E-state index in [0.29, 0.717) is 12.1 Å². The van der Waals surface area contributed by atoms with Crippen molar-refractivity contribution in [2.45, 2.75) is 23.5 Å². The Kier molecular flexibility index (Phi) is 3.38. The highest BCUT2D eigenvalue weighted by molar-refractivity contribution is 8.00. The molecule has 0 saturated carbocycles. The van der Waals surface area contributed by atoms with Gasteiger partial charge in [0.05, 0.1) is 5.69 Å². The molecule has 1 N–H and O–H groups in total. The Bertz CT molecular complexity index is 461. The highest BCUT2D eigenvalue weighted by atomic mass is 32.2. The zero-order chi connectivity index (χ0) is 12.4. The van der Waals surface area contributed by atoms with Gasteiger partial charge in [-0.3, -0.25) is 9.59 Å². The number of carbonyl (C=O) groups excluding carboxylic acids is 1. The van der Waals surface area contributed by atoms with E-state index in [9.17, 15) is 9.59 Å². The summed E-state index contributed by atoms with van der Waals surface area (Å²) in [5.74, 6) is -1.12. The maximum absolute atomic E-state index is 12.0. The van der Waals surface area contributed by atoms with Gasteiger partial charge in [-0.15, -0.1) is 11.8 Å². The molecule has 0 aliphatic carbocycles. The Morgan fingerprint density at radius 3 is 2.94 bits per heavy atom. The van der Waals surface area contributed by atoms with E-state index in [-0.39, 0.29) is 17.7 Å². The summed E-state index contributed by atoms with van der Waals surface area (Å²) in [4.78, 5) is 25.1. The molecule has 0 spiro atoms. The van der Waals surface area contributed by atoms with E-state index in [1.54, 1.807) is 17.8 Å². The number of nitrogens with zero attached hydrogens (tertiary/aromatic N) is 1. The van der Waals surface area contributed by atoms with Gasteiger partial charge >= 0.3 is 5.97 Å². The number of anilines is 1. The number of thioether (sulfide) groups is 1. The van der Waals surface area contributed by atoms with Gasteiger partial charge in [-0.2, -0.15) is 0 Å². The first-order valence-corrected chi connectivity index (χ1v) is 6.23. The number of carbonyl (C=O) groups is 2. The average Bonchev–Trinajstić information content (AvgIpc) is 2.36. The molecule has 0 aromatic heterocycles. The van der Waals surface area contributed by atoms with Crippen molar-refractivity contribution in [3.8, 4) is 0 Å². The van der Waals surface area contributed by atoms with Crippen LogP contribution in [0.15, 0.2) is 29.2 Å². The predicted octanol–water partition coefficient (Wildman–Crippen LogP) is 1.99. The molecule has 0 radical (unpaired) electrons. The lowest BCUT2D eigenvalue weighted by atomic mass is 10.2. The van der Waals surface area contributed by atoms with Crippen LogP contribution in [0.1, 0.15) is 13.3 Å². The summed E-state index contributed by atoms with van der Waals surface area (Å²) in [5, 5.41) is 9.04. The molecule has 1 aromatic carbocycles. The highest BCUT2D eigenvalue weighted by Crippen LogP contribution is 2.37. The maximum atomic E-state index is 12.0. The molecule has 2 rings (SSSR count). The molecule has 1 aromatic rings. The Morgan fingerprint density at radius 1 is 1.53 bits per heavy atom. The Morgan fingerprint density at radius 2 is 2.24 bits per heavy atom. The third kappa shape index (κ3) is 2.61. The van der Waals surface area contributed by atoms with Crippen LogP contribution in [0, 0.1) is 0 Å². The van der Waals surface area contributed by atoms with Gasteiger partial charge in [-0.25, -0.2) is 0 Å². The topological polar surface area (TPSA) is 57.6 Å². The van der Waals surface area contributed by atoms with Crippen molar-refractivity contribution in [1.82, 2.24) is 0 Å². The van der Waals surface area contributed by atoms with Crippen molar-refractivity contribution in [1.29, 1.82) is 0 Å². The molecule has 0 fully saturated rings. The van der Waals surface area contributed by atoms with Crippen molar-refractivity contribution in [3.63, 3.8) is 0 Å². The van der Waals surface area contributed by atoms with E-state index in [4.69, 9.17) is 5.11 Å². The molecular weight excluding hydrogens is 238 g/mol. The fourth-order valence-electron chi connectivity index (χ4n) is 1.84. The average molecular weight is 251 g/mol. The largest absolute Gasteiger partial charge is 0.480 e. The fraction of sp³-hybridized carbons (Fsp3) is 0.333. The van der Waals surface area contributed by atoms with Crippen LogP contribution in [0.25, 0.3) is 0 Å². The number of hydrogen-bond acceptors (Lipinski definition) is 3. The van der Waals surface area contributed by atoms with Crippen molar-refractivity contribution in [2.75, 3.05) is 11.4 Å². The molecular formula is C12H13NO3S. The second-order valence-corrected chi connectivity index (χ2v) is 5.45. The van der Waals surface area contributed by atoms with E-state index in [2.05, 4.69) is 0 Å². The number of aliphatic carboxylic acids is 1. The lowest BCUT2D eigenvalue weighted by Gasteiger charge is -2.20. The van der Waals surface area contributed by atoms with Crippen LogP contribution >= 0.6 is 11.8 Å². The summed E-state index contributed by atoms with van der Waals surface area (Å²) in [6.07, 6.45) is 0.368. The predicted molar refractivity (Wildman–Crippen MR) is 66.4 cm³/mol. The minimum Gasteiger partial charge on any atom is -0.480 e. The summed E-state index contributed by atoms with van der Waals surface area (Å²) in [6.45, 7) is 1.70. The molecule has 90 valence electrons. The standard InChI is InChI=1S/C12H13NO3S/c1-8-6-11(14)13(7-12(15)16)9-4-2-3-5-10(9)17-8/h2-5,8H,6-7H2,1H3,(H,15,16). The molecule has 1 unspecified atom stereocenters. The number of carboxylic acid groups (broad SMARTS) is 1. The van der Waals surface area contributed by atoms with E-state index in [0.717, 1.165) is 4.90 Å². The van der Waals surface area contributed by atoms with E-state index in [1.807, 2.05) is 25.1 Å². The van der Waals surface area contributed by atoms with E-state index >= 15 is 0 Å². The summed E-state index contributed by atoms with van der Waals surface area (Å²) in [7, 11) is 0. The summed E-state index contributed by atoms with van der Waals surface area (Å²) < 4.78 is 0. The third-order valence-electron chi connectivity index (χ3n) is 2.54. The molecule has 0 saturated heterocycles. The summed E-state index contributed by atoms with van der Waals surface area (Å²) >= 11 is 1.61. The number of hydrogen-bond donors (Lipinski definition) is 1. The van der Waals surface area contributed by atoms with Gasteiger partial charge in [-0.1, -0.05) is 19.1 Å². The number of carboxylic acids is 1. The zero-order valence-electron chi connectivity index (χ0n) is 9.42. The molecule has 1 amide bonds. The molecule has 4 nitrogen and oxygen atoms in total. The molecule has 1 aliphatic heterocycles. The van der Waals surface area contributed by atoms with Crippen LogP contribution in [0.5, 0.6) is 0 Å². The smallest absolute Gasteiger partial charge is 0.323 e. The van der Waals surface area contributed by atoms with Gasteiger partial charge in [-0.05, 0) is 12.1 Å². The molecule has 5 heteroatoms. The van der Waals surface area contributed by atoms with Crippen LogP contribution in [0.4, 0.5) is 5.69 Å². The SMILES string of the molecule is CC1CC(=O)N(CC(=O)O)c2ccccc2S1. The number of amides is 1. The van der Waals surface area contributed by atoms with Gasteiger partial charge in [0, 0.05) is 16.6 Å². The Hall–Kier alpha value is -1.49. The van der Waals surface area contributed by atoms with Gasteiger partial charge in [0.1, 0.15) is 6.54 Å². The van der Waals surface area contributed by atoms with Crippen molar-refractivity contribution < 1.29 is 14.7 Å². The maximum Gasteiger partial charge on any atom is 0.323 e. The van der Waals surface area contributed by atoms with Gasteiger partial charge in [0.2, 0.25) is 5.91 Å². The monoisotopic (exact) mass is 251 g/mol. The Balaban J connectivity index is 2.42. The molecule has 1 heterocycles. The minimum absolute atomic E-state index is 0.127. The quantitative estimate of drug-likeness (QED) is 0.873. The van der Waals surface area contributed by atoms with Gasteiger partial charge in [0.25, 0.3) is 0 Å². The van der Waals surface area contributed by atoms with Crippen molar-refractivity contribution in [3.05, 3.63) is 24.3 Å². The van der Waals surface area contributed by atoms with Crippen LogP contribution in [0.3, 0.4) is 0 Å². The van der Waals surface area contributed by atoms with Gasteiger partial charge < -0.3 is 10.0 Å². The first-order chi connectivity index (χ1) is 8.08. The molecule has 1 aliphatic rings. The van der Waals surface area contributed by atoms with Crippen molar-refractivity contribution in [2.24, 2.45) is 0 Å². The zero-order valence-corrected chi connectivity index (χ0v) is 10.2. The van der Waals surface area contributed by atoms with Crippen LogP contribution in [-0.2, 0) is 9.59 Å². The number of rotatable bonds is 2. The second kappa shape index (κ2) is 4.79. The third-order valence-corrected chi connectivity index (χ3v) is 3.71. The number of benzene rings is 1. The number of para-hydroxylation sites is 1. The minimum atomic E-state index is -0.993. The van der Waals surface area contributed by atoms with Crippen molar-refractivity contribution >= 4 is 29.3 Å². The second-order valence-electron chi connectivity index (χ2n) is 3.97. The molecule has 17 heavy (non-hydrogen) atoms. The fourth-order valence-corrected chi connectivity index (χ4v) is 2.95. The number of fused-ring (bicyclic) bond motifs is 1. The van der Waals surface area contributed by atoms with Crippen LogP contribution in [0.2, 0.25) is 0 Å². The van der Waals surface area contributed by atoms with Crippen LogP contribution in [-0.4, -0.2) is 28.8 Å². The highest BCUT2D eigenvalue weighted by Gasteiger charge is 2.27. The van der Waals surface area contributed by atoms with Gasteiger partial charge in [0.15, 0.2) is 0 Å². The van der Waals surface area contributed by atoms with Crippen LogP contribution < -0.4 is 4.90 Å². The lowest BCUT2D eigenvalue weighted by molar-refractivity contribution is -0.136. The molecule has 0 bridgehead atoms. The summed E-state index contributed by atoms with van der Waals surface area (Å²) in [6, 6.07) is 7.43. The Labute approximate surface area is 104 Å². The summed E-state index contributed by atoms with van der Waals surface area (Å²) in [5.41, 5.74) is 0.703. The first kappa shape index (κ1) is 12.0. The molecule has 1 atom stereocenters. The normalized spacial score (nSPS) is 19.7. The van der Waals surface area contributed by atoms with E-state index in [1.165, 1.54) is 4.90 Å². The first-order valence-electron chi connectivity index (χ1n) is 5.36.